The zero-order valence-electron chi connectivity index (χ0n) is 28.5. The van der Waals surface area contributed by atoms with Crippen LogP contribution in [0.5, 0.6) is 17.2 Å². The Hall–Kier alpha value is -4.99. The summed E-state index contributed by atoms with van der Waals surface area (Å²) < 4.78 is 40.3. The second-order valence-electron chi connectivity index (χ2n) is 12.4. The van der Waals surface area contributed by atoms with Crippen LogP contribution in [0.1, 0.15) is 103 Å². The van der Waals surface area contributed by atoms with Gasteiger partial charge in [-0.2, -0.15) is 0 Å². The van der Waals surface area contributed by atoms with Crippen LogP contribution in [-0.4, -0.2) is 78.5 Å². The number of hydrogen-bond donors (Lipinski definition) is 1. The highest BCUT2D eigenvalue weighted by molar-refractivity contribution is 6.31. The minimum Gasteiger partial charge on any atom is -0.496 e. The van der Waals surface area contributed by atoms with E-state index in [2.05, 4.69) is 0 Å². The van der Waals surface area contributed by atoms with Gasteiger partial charge in [-0.3, -0.25) is 33.6 Å². The molecule has 266 valence electrons. The molecule has 0 unspecified atom stereocenters. The molecule has 15 heteroatoms. The Morgan fingerprint density at radius 1 is 0.860 bits per heavy atom. The number of hydrogen-bond acceptors (Lipinski definition) is 15. The highest BCUT2D eigenvalue weighted by Gasteiger charge is 2.53. The van der Waals surface area contributed by atoms with Gasteiger partial charge in [0.05, 0.1) is 36.0 Å². The number of nitrogens with two attached hydrogens (primary N) is 1. The molecule has 2 aromatic carbocycles. The third kappa shape index (κ3) is 6.51. The Morgan fingerprint density at radius 2 is 1.50 bits per heavy atom. The molecule has 5 rings (SSSR count). The van der Waals surface area contributed by atoms with Crippen LogP contribution < -0.4 is 19.9 Å². The molecule has 1 saturated heterocycles. The van der Waals surface area contributed by atoms with Gasteiger partial charge in [-0.25, -0.2) is 0 Å². The van der Waals surface area contributed by atoms with E-state index in [1.807, 2.05) is 0 Å². The van der Waals surface area contributed by atoms with Gasteiger partial charge in [-0.1, -0.05) is 12.1 Å². The minimum absolute atomic E-state index is 0.0225. The number of carbonyl (C=O) groups is 7. The van der Waals surface area contributed by atoms with E-state index in [0.717, 1.165) is 20.8 Å². The second kappa shape index (κ2) is 13.7. The van der Waals surface area contributed by atoms with Crippen LogP contribution in [0.4, 0.5) is 0 Å². The average Bonchev–Trinajstić information content (AvgIpc) is 3.01. The maximum Gasteiger partial charge on any atom is 0.308 e. The molecule has 2 aliphatic carbocycles. The number of methoxy groups -OCH3 is 1. The molecule has 0 radical (unpaired) electrons. The standard InChI is InChI=1S/C35H37NO14/c1-14-32(46-16(3)38)22(36)11-25(45-14)49-24-13-35(15(2)37,50-19(6)41)12-21-27(24)34(48-18(5)40)29-28(33(21)47-17(4)39)30(42)20-9-8-10-23(44-7)26(20)31(29)43/h8-10,14,22,24-25,32H,11-13,36H2,1-7H3/t14-,22-,24-,25+,32+,35-/m0/s1. The van der Waals surface area contributed by atoms with Gasteiger partial charge in [-0.15, -0.1) is 0 Å². The Morgan fingerprint density at radius 3 is 2.06 bits per heavy atom. The summed E-state index contributed by atoms with van der Waals surface area (Å²) >= 11 is 0. The molecule has 1 fully saturated rings. The summed E-state index contributed by atoms with van der Waals surface area (Å²) in [4.78, 5) is 91.7. The lowest BCUT2D eigenvalue weighted by Gasteiger charge is -2.44. The zero-order valence-corrected chi connectivity index (χ0v) is 28.5. The lowest BCUT2D eigenvalue weighted by molar-refractivity contribution is -0.251. The van der Waals surface area contributed by atoms with Gasteiger partial charge in [0, 0.05) is 69.7 Å². The Bertz CT molecular complexity index is 1820. The SMILES string of the molecule is COc1cccc2c1C(=O)c1c(OC(C)=O)c3c(c(OC(C)=O)c1C2=O)C[C@@](OC(C)=O)(C(C)=O)C[C@@H]3O[C@@H]1C[C@H](N)[C@H](OC(C)=O)[C@H](C)O1. The number of Topliss-reactive ketones (excluding diaryl/α,β-unsaturated/α-hetero) is 1. The second-order valence-corrected chi connectivity index (χ2v) is 12.4. The first-order valence-electron chi connectivity index (χ1n) is 15.8. The van der Waals surface area contributed by atoms with Crippen LogP contribution in [0.25, 0.3) is 0 Å². The van der Waals surface area contributed by atoms with Crippen molar-refractivity contribution in [3.8, 4) is 17.2 Å². The fraction of sp³-hybridized carbons (Fsp3) is 0.457. The average molecular weight is 696 g/mol. The third-order valence-corrected chi connectivity index (χ3v) is 8.83. The molecule has 6 atom stereocenters. The highest BCUT2D eigenvalue weighted by Crippen LogP contribution is 2.54. The van der Waals surface area contributed by atoms with Crippen LogP contribution >= 0.6 is 0 Å². The summed E-state index contributed by atoms with van der Waals surface area (Å²) in [6.07, 6.45) is -4.95. The van der Waals surface area contributed by atoms with E-state index < -0.39 is 101 Å². The number of carbonyl (C=O) groups excluding carboxylic acids is 7. The summed E-state index contributed by atoms with van der Waals surface area (Å²) in [7, 11) is 1.31. The summed E-state index contributed by atoms with van der Waals surface area (Å²) in [6.45, 7) is 7.30. The molecular weight excluding hydrogens is 658 g/mol. The van der Waals surface area contributed by atoms with Crippen molar-refractivity contribution in [2.75, 3.05) is 7.11 Å². The van der Waals surface area contributed by atoms with Crippen LogP contribution in [0.3, 0.4) is 0 Å². The molecule has 0 aromatic heterocycles. The van der Waals surface area contributed by atoms with Gasteiger partial charge < -0.3 is 38.9 Å². The summed E-state index contributed by atoms with van der Waals surface area (Å²) in [5, 5.41) is 0. The first-order valence-corrected chi connectivity index (χ1v) is 15.8. The molecule has 1 aliphatic heterocycles. The molecule has 0 spiro atoms. The van der Waals surface area contributed by atoms with Crippen LogP contribution in [0.2, 0.25) is 0 Å². The Kier molecular flexibility index (Phi) is 9.96. The molecule has 0 bridgehead atoms. The van der Waals surface area contributed by atoms with Gasteiger partial charge in [-0.05, 0) is 19.9 Å². The van der Waals surface area contributed by atoms with E-state index in [1.165, 1.54) is 39.2 Å². The Labute approximate surface area is 286 Å². The first kappa shape index (κ1) is 36.3. The van der Waals surface area contributed by atoms with Crippen molar-refractivity contribution in [2.45, 2.75) is 97.0 Å². The number of rotatable bonds is 8. The zero-order chi connectivity index (χ0) is 36.8. The van der Waals surface area contributed by atoms with E-state index in [4.69, 9.17) is 38.9 Å². The maximum absolute atomic E-state index is 14.4. The normalized spacial score (nSPS) is 25.3. The van der Waals surface area contributed by atoms with Crippen molar-refractivity contribution in [1.29, 1.82) is 0 Å². The molecule has 15 nitrogen and oxygen atoms in total. The van der Waals surface area contributed by atoms with E-state index in [9.17, 15) is 33.6 Å². The summed E-state index contributed by atoms with van der Waals surface area (Å²) in [5.41, 5.74) is 3.34. The van der Waals surface area contributed by atoms with Crippen molar-refractivity contribution in [3.63, 3.8) is 0 Å². The van der Waals surface area contributed by atoms with E-state index >= 15 is 0 Å². The predicted octanol–water partition coefficient (Wildman–Crippen LogP) is 2.61. The molecule has 3 aliphatic rings. The number of ketones is 3. The molecule has 2 N–H and O–H groups in total. The van der Waals surface area contributed by atoms with E-state index in [0.29, 0.717) is 0 Å². The topological polar surface area (TPSA) is 210 Å². The van der Waals surface area contributed by atoms with Crippen molar-refractivity contribution >= 4 is 41.2 Å². The summed E-state index contributed by atoms with van der Waals surface area (Å²) in [5.74, 6) is -6.05. The predicted molar refractivity (Wildman–Crippen MR) is 169 cm³/mol. The largest absolute Gasteiger partial charge is 0.496 e. The Balaban J connectivity index is 1.81. The quantitative estimate of drug-likeness (QED) is 0.265. The number of fused-ring (bicyclic) bond motifs is 3. The van der Waals surface area contributed by atoms with Gasteiger partial charge in [0.2, 0.25) is 5.78 Å². The first-order chi connectivity index (χ1) is 23.5. The lowest BCUT2D eigenvalue weighted by atomic mass is 9.71. The number of ether oxygens (including phenoxy) is 7. The van der Waals surface area contributed by atoms with Gasteiger partial charge >= 0.3 is 23.9 Å². The molecule has 2 aromatic rings. The molecule has 0 saturated carbocycles. The highest BCUT2D eigenvalue weighted by atomic mass is 16.7. The smallest absolute Gasteiger partial charge is 0.308 e. The van der Waals surface area contributed by atoms with Gasteiger partial charge in [0.1, 0.15) is 23.4 Å². The van der Waals surface area contributed by atoms with E-state index in [-0.39, 0.29) is 46.6 Å². The fourth-order valence-electron chi connectivity index (χ4n) is 6.90. The monoisotopic (exact) mass is 695 g/mol. The van der Waals surface area contributed by atoms with Gasteiger partial charge in [0.25, 0.3) is 0 Å². The maximum atomic E-state index is 14.4. The minimum atomic E-state index is -1.94. The molecule has 0 amide bonds. The lowest BCUT2D eigenvalue weighted by Crippen LogP contribution is -2.54. The van der Waals surface area contributed by atoms with Crippen molar-refractivity contribution in [3.05, 3.63) is 51.6 Å². The summed E-state index contributed by atoms with van der Waals surface area (Å²) in [6, 6.07) is 3.60. The van der Waals surface area contributed by atoms with Crippen molar-refractivity contribution in [1.82, 2.24) is 0 Å². The van der Waals surface area contributed by atoms with E-state index in [1.54, 1.807) is 6.92 Å². The van der Waals surface area contributed by atoms with Crippen molar-refractivity contribution in [2.24, 2.45) is 5.73 Å². The molecule has 1 heterocycles. The van der Waals surface area contributed by atoms with Crippen LogP contribution in [-0.2, 0) is 49.3 Å². The van der Waals surface area contributed by atoms with Gasteiger partial charge in [0.15, 0.2) is 23.5 Å². The fourth-order valence-corrected chi connectivity index (χ4v) is 6.90. The van der Waals surface area contributed by atoms with Crippen LogP contribution in [0, 0.1) is 0 Å². The van der Waals surface area contributed by atoms with Crippen LogP contribution in [0.15, 0.2) is 18.2 Å². The molecule has 50 heavy (non-hydrogen) atoms. The van der Waals surface area contributed by atoms with Crippen molar-refractivity contribution < 1.29 is 66.7 Å². The number of benzene rings is 2. The number of esters is 4. The third-order valence-electron chi connectivity index (χ3n) is 8.83. The molecular formula is C35H37NO14.